The van der Waals surface area contributed by atoms with Crippen LogP contribution in [0.3, 0.4) is 0 Å². The van der Waals surface area contributed by atoms with E-state index in [1.165, 1.54) is 18.8 Å². The second-order valence-corrected chi connectivity index (χ2v) is 12.5. The van der Waals surface area contributed by atoms with Crippen LogP contribution in [0, 0.1) is 6.92 Å². The maximum atomic E-state index is 12.6. The molecular weight excluding hydrogens is 608 g/mol. The third-order valence-corrected chi connectivity index (χ3v) is 9.18. The summed E-state index contributed by atoms with van der Waals surface area (Å²) in [6.45, 7) is 6.46. The molecule has 1 aliphatic heterocycles. The molecule has 0 spiro atoms. The second-order valence-electron chi connectivity index (χ2n) is 11.5. The molecule has 6 rings (SSSR count). The van der Waals surface area contributed by atoms with E-state index in [0.29, 0.717) is 17.4 Å². The number of benzene rings is 1. The highest BCUT2D eigenvalue weighted by Crippen LogP contribution is 2.32. The molecule has 1 aliphatic carbocycles. The van der Waals surface area contributed by atoms with E-state index in [0.717, 1.165) is 97.1 Å². The lowest BCUT2D eigenvalue weighted by Crippen LogP contribution is -2.48. The summed E-state index contributed by atoms with van der Waals surface area (Å²) in [4.78, 5) is 45.7. The molecule has 1 saturated heterocycles. The van der Waals surface area contributed by atoms with E-state index < -0.39 is 18.7 Å². The minimum Gasteiger partial charge on any atom is -0.479 e. The van der Waals surface area contributed by atoms with Gasteiger partial charge >= 0.3 is 12.1 Å². The van der Waals surface area contributed by atoms with Crippen LogP contribution in [0.15, 0.2) is 42.9 Å². The number of carbonyl (C=O) groups excluding carboxylic acids is 1. The van der Waals surface area contributed by atoms with E-state index in [1.807, 2.05) is 31.3 Å². The number of anilines is 3. The van der Waals surface area contributed by atoms with Crippen molar-refractivity contribution in [3.63, 3.8) is 0 Å². The van der Waals surface area contributed by atoms with Gasteiger partial charge in [-0.2, -0.15) is 0 Å². The molecule has 46 heavy (non-hydrogen) atoms. The van der Waals surface area contributed by atoms with Crippen LogP contribution in [0.5, 0.6) is 5.75 Å². The zero-order chi connectivity index (χ0) is 31.9. The molecule has 3 aromatic heterocycles. The lowest BCUT2D eigenvalue weighted by Gasteiger charge is -2.34. The summed E-state index contributed by atoms with van der Waals surface area (Å²) in [5.74, 6) is -0.0921. The van der Waals surface area contributed by atoms with Crippen molar-refractivity contribution in [3.05, 3.63) is 48.5 Å². The smallest absolute Gasteiger partial charge is 0.411 e. The molecule has 2 fully saturated rings. The van der Waals surface area contributed by atoms with Crippen LogP contribution in [0.4, 0.5) is 21.6 Å². The molecule has 242 valence electrons. The van der Waals surface area contributed by atoms with E-state index in [1.54, 1.807) is 11.3 Å². The monoisotopic (exact) mass is 646 g/mol. The van der Waals surface area contributed by atoms with Crippen molar-refractivity contribution in [3.8, 4) is 16.9 Å². The number of rotatable bonds is 11. The molecule has 1 amide bonds. The number of aryl methyl sites for hydroxylation is 1. The van der Waals surface area contributed by atoms with Crippen LogP contribution < -0.4 is 20.3 Å². The fourth-order valence-corrected chi connectivity index (χ4v) is 6.59. The molecule has 1 saturated carbocycles. The SMILES string of the molecule is Cc1ncc(-c2ccc3nc(NCCN4CCN(c5ncc(OCC(=O)O)cn5)CC4)sc3c2)cc1NC(=O)OC1CCCCC1. The van der Waals surface area contributed by atoms with Gasteiger partial charge in [-0.15, -0.1) is 0 Å². The van der Waals surface area contributed by atoms with Crippen LogP contribution in [0.1, 0.15) is 37.8 Å². The first-order chi connectivity index (χ1) is 22.4. The zero-order valence-electron chi connectivity index (χ0n) is 25.8. The first kappa shape index (κ1) is 31.4. The molecule has 14 heteroatoms. The van der Waals surface area contributed by atoms with Crippen molar-refractivity contribution >= 4 is 50.4 Å². The Bertz CT molecular complexity index is 1650. The number of aromatic nitrogens is 4. The Morgan fingerprint density at radius 3 is 2.54 bits per heavy atom. The standard InChI is InChI=1S/C32H38N8O5S/c1-21-27(38-32(43)45-24-5-3-2-4-6-24)15-23(17-34-21)22-7-8-26-28(16-22)46-31(37-26)33-9-10-39-11-13-40(14-12-39)30-35-18-25(19-36-30)44-20-29(41)42/h7-8,15-19,24H,2-6,9-14,20H2,1H3,(H,33,37)(H,38,43)(H,41,42). The summed E-state index contributed by atoms with van der Waals surface area (Å²) in [5, 5.41) is 16.0. The molecule has 2 aliphatic rings. The molecule has 0 unspecified atom stereocenters. The number of amides is 1. The van der Waals surface area contributed by atoms with Crippen molar-refractivity contribution < 1.29 is 24.2 Å². The lowest BCUT2D eigenvalue weighted by atomic mass is 9.98. The maximum absolute atomic E-state index is 12.6. The number of aliphatic carboxylic acids is 1. The average Bonchev–Trinajstić information content (AvgIpc) is 3.48. The Labute approximate surface area is 271 Å². The summed E-state index contributed by atoms with van der Waals surface area (Å²) in [7, 11) is 0. The van der Waals surface area contributed by atoms with Crippen molar-refractivity contribution in [1.82, 2.24) is 24.8 Å². The first-order valence-electron chi connectivity index (χ1n) is 15.6. The molecule has 4 aromatic rings. The number of piperazine rings is 1. The quantitative estimate of drug-likeness (QED) is 0.200. The van der Waals surface area contributed by atoms with E-state index in [4.69, 9.17) is 19.6 Å². The van der Waals surface area contributed by atoms with Gasteiger partial charge in [0.1, 0.15) is 6.10 Å². The van der Waals surface area contributed by atoms with Crippen LogP contribution in [-0.4, -0.2) is 94.0 Å². The summed E-state index contributed by atoms with van der Waals surface area (Å²) < 4.78 is 11.8. The van der Waals surface area contributed by atoms with Crippen molar-refractivity contribution in [2.24, 2.45) is 0 Å². The van der Waals surface area contributed by atoms with Gasteiger partial charge in [0.05, 0.1) is 34.0 Å². The number of nitrogens with one attached hydrogen (secondary N) is 2. The van der Waals surface area contributed by atoms with Gasteiger partial charge in [-0.25, -0.2) is 24.5 Å². The lowest BCUT2D eigenvalue weighted by molar-refractivity contribution is -0.139. The molecule has 0 radical (unpaired) electrons. The van der Waals surface area contributed by atoms with Gasteiger partial charge in [-0.3, -0.25) is 15.2 Å². The zero-order valence-corrected chi connectivity index (χ0v) is 26.6. The third-order valence-electron chi connectivity index (χ3n) is 8.21. The van der Waals surface area contributed by atoms with Gasteiger partial charge in [-0.05, 0) is 56.4 Å². The summed E-state index contributed by atoms with van der Waals surface area (Å²) in [5.41, 5.74) is 4.24. The van der Waals surface area contributed by atoms with Crippen LogP contribution in [-0.2, 0) is 9.53 Å². The molecule has 1 aromatic carbocycles. The Hall–Kier alpha value is -4.56. The highest BCUT2D eigenvalue weighted by Gasteiger charge is 2.20. The van der Waals surface area contributed by atoms with Gasteiger partial charge < -0.3 is 24.8 Å². The number of ether oxygens (including phenoxy) is 2. The van der Waals surface area contributed by atoms with Gasteiger partial charge in [0.2, 0.25) is 5.95 Å². The molecule has 4 heterocycles. The Kier molecular flexibility index (Phi) is 10.0. The number of carboxylic acids is 1. The predicted octanol–water partition coefficient (Wildman–Crippen LogP) is 5.04. The molecule has 0 bridgehead atoms. The van der Waals surface area contributed by atoms with E-state index in [9.17, 15) is 9.59 Å². The average molecular weight is 647 g/mol. The minimum atomic E-state index is -1.04. The Morgan fingerprint density at radius 1 is 1.00 bits per heavy atom. The third kappa shape index (κ3) is 8.17. The van der Waals surface area contributed by atoms with Gasteiger partial charge in [-0.1, -0.05) is 23.8 Å². The number of hydrogen-bond acceptors (Lipinski definition) is 12. The summed E-state index contributed by atoms with van der Waals surface area (Å²) in [6, 6.07) is 8.11. The molecule has 3 N–H and O–H groups in total. The van der Waals surface area contributed by atoms with Crippen LogP contribution in [0.2, 0.25) is 0 Å². The number of thiazole rings is 1. The van der Waals surface area contributed by atoms with Crippen LogP contribution in [0.25, 0.3) is 21.3 Å². The van der Waals surface area contributed by atoms with Crippen LogP contribution >= 0.6 is 11.3 Å². The largest absolute Gasteiger partial charge is 0.479 e. The Balaban J connectivity index is 0.987. The van der Waals surface area contributed by atoms with E-state index >= 15 is 0 Å². The number of pyridine rings is 1. The highest BCUT2D eigenvalue weighted by atomic mass is 32.1. The number of carboxylic acid groups (broad SMARTS) is 1. The predicted molar refractivity (Wildman–Crippen MR) is 177 cm³/mol. The van der Waals surface area contributed by atoms with Crippen molar-refractivity contribution in [2.45, 2.75) is 45.1 Å². The molecule has 13 nitrogen and oxygen atoms in total. The molecule has 0 atom stereocenters. The van der Waals surface area contributed by atoms with E-state index in [-0.39, 0.29) is 6.10 Å². The first-order valence-corrected chi connectivity index (χ1v) is 16.4. The van der Waals surface area contributed by atoms with Gasteiger partial charge in [0.25, 0.3) is 0 Å². The van der Waals surface area contributed by atoms with Crippen molar-refractivity contribution in [1.29, 1.82) is 0 Å². The number of carbonyl (C=O) groups is 2. The molecular formula is C32H38N8O5S. The highest BCUT2D eigenvalue weighted by molar-refractivity contribution is 7.22. The summed E-state index contributed by atoms with van der Waals surface area (Å²) in [6.07, 6.45) is 9.68. The van der Waals surface area contributed by atoms with Gasteiger partial charge in [0.15, 0.2) is 17.5 Å². The minimum absolute atomic E-state index is 0.00724. The fraction of sp³-hybridized carbons (Fsp3) is 0.438. The van der Waals surface area contributed by atoms with Crippen molar-refractivity contribution in [2.75, 3.05) is 61.4 Å². The fourth-order valence-electron chi connectivity index (χ4n) is 5.66. The number of hydrogen-bond donors (Lipinski definition) is 3. The maximum Gasteiger partial charge on any atom is 0.411 e. The second kappa shape index (κ2) is 14.7. The number of nitrogens with zero attached hydrogens (tertiary/aromatic N) is 6. The topological polar surface area (TPSA) is 155 Å². The van der Waals surface area contributed by atoms with E-state index in [2.05, 4.69) is 41.5 Å². The van der Waals surface area contributed by atoms with Gasteiger partial charge in [0, 0.05) is 51.0 Å². The number of fused-ring (bicyclic) bond motifs is 1. The Morgan fingerprint density at radius 2 is 1.78 bits per heavy atom. The summed E-state index contributed by atoms with van der Waals surface area (Å²) >= 11 is 1.62. The normalized spacial score (nSPS) is 15.9.